The van der Waals surface area contributed by atoms with Gasteiger partial charge in [-0.3, -0.25) is 4.21 Å². The molecule has 0 amide bonds. The molecule has 0 bridgehead atoms. The third kappa shape index (κ3) is 4.33. The molecule has 2 N–H and O–H groups in total. The van der Waals surface area contributed by atoms with Crippen LogP contribution in [-0.2, 0) is 10.8 Å². The molecule has 4 heteroatoms. The van der Waals surface area contributed by atoms with Crippen LogP contribution < -0.4 is 10.5 Å². The summed E-state index contributed by atoms with van der Waals surface area (Å²) in [7, 11) is 0.698. The Bertz CT molecular complexity index is 335. The summed E-state index contributed by atoms with van der Waals surface area (Å²) in [6.45, 7) is 1.97. The molecule has 3 nitrogen and oxygen atoms in total. The molecule has 16 heavy (non-hydrogen) atoms. The molecule has 0 saturated heterocycles. The Morgan fingerprint density at radius 3 is 2.50 bits per heavy atom. The minimum Gasteiger partial charge on any atom is -0.497 e. The van der Waals surface area contributed by atoms with E-state index in [1.54, 1.807) is 7.11 Å². The lowest BCUT2D eigenvalue weighted by Gasteiger charge is -2.05. The first-order valence-corrected chi connectivity index (χ1v) is 6.73. The van der Waals surface area contributed by atoms with Gasteiger partial charge in [0.1, 0.15) is 5.75 Å². The van der Waals surface area contributed by atoms with Crippen molar-refractivity contribution in [2.45, 2.75) is 30.7 Å². The van der Waals surface area contributed by atoms with E-state index in [4.69, 9.17) is 10.5 Å². The van der Waals surface area contributed by atoms with Gasteiger partial charge in [-0.1, -0.05) is 0 Å². The SMILES string of the molecule is COc1ccc(S(=O)CCCC(C)N)cc1. The van der Waals surface area contributed by atoms with Gasteiger partial charge >= 0.3 is 0 Å². The van der Waals surface area contributed by atoms with Gasteiger partial charge in [0.05, 0.1) is 17.9 Å². The smallest absolute Gasteiger partial charge is 0.118 e. The summed E-state index contributed by atoms with van der Waals surface area (Å²) in [6.07, 6.45) is 1.82. The third-order valence-electron chi connectivity index (χ3n) is 2.31. The minimum absolute atomic E-state index is 0.188. The van der Waals surface area contributed by atoms with E-state index in [-0.39, 0.29) is 6.04 Å². The highest BCUT2D eigenvalue weighted by molar-refractivity contribution is 7.85. The maximum Gasteiger partial charge on any atom is 0.118 e. The number of hydrogen-bond acceptors (Lipinski definition) is 3. The molecule has 0 fully saturated rings. The number of benzene rings is 1. The molecule has 1 aromatic rings. The fraction of sp³-hybridized carbons (Fsp3) is 0.500. The van der Waals surface area contributed by atoms with E-state index in [9.17, 15) is 4.21 Å². The molecule has 0 saturated carbocycles. The molecule has 0 aromatic heterocycles. The lowest BCUT2D eigenvalue weighted by atomic mass is 10.2. The van der Waals surface area contributed by atoms with Crippen LogP contribution in [-0.4, -0.2) is 23.1 Å². The second-order valence-corrected chi connectivity index (χ2v) is 5.42. The van der Waals surface area contributed by atoms with Crippen molar-refractivity contribution in [1.82, 2.24) is 0 Å². The predicted octanol–water partition coefficient (Wildman–Crippen LogP) is 1.93. The predicted molar refractivity (Wildman–Crippen MR) is 67.2 cm³/mol. The number of ether oxygens (including phenoxy) is 1. The van der Waals surface area contributed by atoms with Gasteiger partial charge in [0, 0.05) is 16.7 Å². The van der Waals surface area contributed by atoms with Crippen molar-refractivity contribution in [2.24, 2.45) is 5.73 Å². The summed E-state index contributed by atoms with van der Waals surface area (Å²) in [6, 6.07) is 7.55. The standard InChI is InChI=1S/C12H19NO2S/c1-10(13)4-3-9-16(14)12-7-5-11(15-2)6-8-12/h5-8,10H,3-4,9,13H2,1-2H3. The van der Waals surface area contributed by atoms with E-state index in [1.165, 1.54) is 0 Å². The number of methoxy groups -OCH3 is 1. The molecule has 2 unspecified atom stereocenters. The Kier molecular flexibility index (Phi) is 5.49. The highest BCUT2D eigenvalue weighted by atomic mass is 32.2. The van der Waals surface area contributed by atoms with Crippen LogP contribution in [0.1, 0.15) is 19.8 Å². The van der Waals surface area contributed by atoms with Crippen LogP contribution in [0.3, 0.4) is 0 Å². The van der Waals surface area contributed by atoms with Crippen LogP contribution in [0, 0.1) is 0 Å². The van der Waals surface area contributed by atoms with E-state index < -0.39 is 10.8 Å². The number of rotatable bonds is 6. The minimum atomic E-state index is -0.921. The molecule has 1 rings (SSSR count). The molecule has 0 aliphatic carbocycles. The highest BCUT2D eigenvalue weighted by Crippen LogP contribution is 2.15. The zero-order valence-corrected chi connectivity index (χ0v) is 10.6. The van der Waals surface area contributed by atoms with Gasteiger partial charge in [-0.05, 0) is 44.0 Å². The van der Waals surface area contributed by atoms with Gasteiger partial charge < -0.3 is 10.5 Å². The Morgan fingerprint density at radius 1 is 1.38 bits per heavy atom. The van der Waals surface area contributed by atoms with Crippen molar-refractivity contribution in [1.29, 1.82) is 0 Å². The summed E-state index contributed by atoms with van der Waals surface area (Å²) < 4.78 is 16.9. The van der Waals surface area contributed by atoms with E-state index in [0.29, 0.717) is 5.75 Å². The average Bonchev–Trinajstić information content (AvgIpc) is 2.28. The monoisotopic (exact) mass is 241 g/mol. The normalized spacial score (nSPS) is 14.4. The van der Waals surface area contributed by atoms with Gasteiger partial charge in [-0.2, -0.15) is 0 Å². The molecule has 0 spiro atoms. The Labute approximate surface area is 99.4 Å². The summed E-state index contributed by atoms with van der Waals surface area (Å²) in [5.41, 5.74) is 5.64. The van der Waals surface area contributed by atoms with Gasteiger partial charge in [-0.25, -0.2) is 0 Å². The maximum absolute atomic E-state index is 11.9. The van der Waals surface area contributed by atoms with E-state index in [2.05, 4.69) is 0 Å². The average molecular weight is 241 g/mol. The lowest BCUT2D eigenvalue weighted by Crippen LogP contribution is -2.15. The topological polar surface area (TPSA) is 52.3 Å². The summed E-state index contributed by atoms with van der Waals surface area (Å²) in [5, 5.41) is 0. The van der Waals surface area contributed by atoms with Crippen molar-refractivity contribution in [3.63, 3.8) is 0 Å². The molecule has 0 aliphatic rings. The van der Waals surface area contributed by atoms with Crippen molar-refractivity contribution in [3.05, 3.63) is 24.3 Å². The molecule has 0 radical (unpaired) electrons. The molecular weight excluding hydrogens is 222 g/mol. The highest BCUT2D eigenvalue weighted by Gasteiger charge is 2.04. The molecule has 2 atom stereocenters. The van der Waals surface area contributed by atoms with Gasteiger partial charge in [0.15, 0.2) is 0 Å². The first kappa shape index (κ1) is 13.2. The summed E-state index contributed by atoms with van der Waals surface area (Å²) >= 11 is 0. The van der Waals surface area contributed by atoms with Crippen LogP contribution in [0.25, 0.3) is 0 Å². The number of hydrogen-bond donors (Lipinski definition) is 1. The van der Waals surface area contributed by atoms with Crippen LogP contribution in [0.15, 0.2) is 29.2 Å². The molecule has 0 aliphatic heterocycles. The van der Waals surface area contributed by atoms with Gasteiger partial charge in [0.25, 0.3) is 0 Å². The zero-order valence-electron chi connectivity index (χ0n) is 9.81. The van der Waals surface area contributed by atoms with Gasteiger partial charge in [0.2, 0.25) is 0 Å². The van der Waals surface area contributed by atoms with Crippen LogP contribution >= 0.6 is 0 Å². The second-order valence-electron chi connectivity index (χ2n) is 3.84. The quantitative estimate of drug-likeness (QED) is 0.828. The van der Waals surface area contributed by atoms with Gasteiger partial charge in [-0.15, -0.1) is 0 Å². The summed E-state index contributed by atoms with van der Waals surface area (Å²) in [5.74, 6) is 1.46. The molecule has 0 heterocycles. The first-order valence-electron chi connectivity index (χ1n) is 5.41. The second kappa shape index (κ2) is 6.66. The van der Waals surface area contributed by atoms with Crippen molar-refractivity contribution >= 4 is 10.8 Å². The molecule has 90 valence electrons. The van der Waals surface area contributed by atoms with Crippen LogP contribution in [0.5, 0.6) is 5.75 Å². The lowest BCUT2D eigenvalue weighted by molar-refractivity contribution is 0.414. The van der Waals surface area contributed by atoms with E-state index in [1.807, 2.05) is 31.2 Å². The third-order valence-corrected chi connectivity index (χ3v) is 3.77. The maximum atomic E-state index is 11.9. The van der Waals surface area contributed by atoms with E-state index >= 15 is 0 Å². The Morgan fingerprint density at radius 2 is 2.00 bits per heavy atom. The van der Waals surface area contributed by atoms with Crippen molar-refractivity contribution < 1.29 is 8.95 Å². The first-order chi connectivity index (χ1) is 7.63. The fourth-order valence-corrected chi connectivity index (χ4v) is 2.49. The zero-order chi connectivity index (χ0) is 12.0. The Hall–Kier alpha value is -0.870. The largest absolute Gasteiger partial charge is 0.497 e. The van der Waals surface area contributed by atoms with Crippen LogP contribution in [0.4, 0.5) is 0 Å². The Balaban J connectivity index is 2.46. The molecular formula is C12H19NO2S. The summed E-state index contributed by atoms with van der Waals surface area (Å²) in [4.78, 5) is 0.852. The van der Waals surface area contributed by atoms with Crippen molar-refractivity contribution in [3.8, 4) is 5.75 Å². The molecule has 1 aromatic carbocycles. The van der Waals surface area contributed by atoms with E-state index in [0.717, 1.165) is 23.5 Å². The van der Waals surface area contributed by atoms with Crippen molar-refractivity contribution in [2.75, 3.05) is 12.9 Å². The fourth-order valence-electron chi connectivity index (χ4n) is 1.38. The number of nitrogens with two attached hydrogens (primary N) is 1. The van der Waals surface area contributed by atoms with Crippen LogP contribution in [0.2, 0.25) is 0 Å².